The summed E-state index contributed by atoms with van der Waals surface area (Å²) in [6, 6.07) is 57.1. The first-order chi connectivity index (χ1) is 20.7. The van der Waals surface area contributed by atoms with Gasteiger partial charge in [-0.1, -0.05) is 110 Å². The molecule has 0 unspecified atom stereocenters. The van der Waals surface area contributed by atoms with Crippen molar-refractivity contribution >= 4 is 0 Å². The third-order valence-corrected chi connectivity index (χ3v) is 8.41. The van der Waals surface area contributed by atoms with Crippen LogP contribution >= 0.6 is 0 Å². The molecule has 0 aliphatic heterocycles. The molecule has 6 aromatic carbocycles. The number of aryl methyl sites for hydroxylation is 3. The molecule has 7 rings (SSSR count). The van der Waals surface area contributed by atoms with Gasteiger partial charge in [0.1, 0.15) is 0 Å². The first-order valence-corrected chi connectivity index (χ1v) is 15.0. The van der Waals surface area contributed by atoms with Crippen LogP contribution in [-0.2, 0) is 51.0 Å². The fraction of sp³-hybridized carbons (Fsp3) is 0.143. The van der Waals surface area contributed by atoms with Crippen molar-refractivity contribution in [2.45, 2.75) is 39.0 Å². The molecule has 0 spiro atoms. The van der Waals surface area contributed by atoms with E-state index in [1.54, 1.807) is 0 Å². The van der Waals surface area contributed by atoms with Crippen LogP contribution in [0.4, 0.5) is 0 Å². The summed E-state index contributed by atoms with van der Waals surface area (Å²) >= 11 is 0. The molecule has 0 saturated heterocycles. The first kappa shape index (κ1) is 30.9. The fourth-order valence-corrected chi connectivity index (χ4v) is 6.52. The number of hydrogen-bond acceptors (Lipinski definition) is 0. The number of rotatable bonds is 4. The van der Waals surface area contributed by atoms with E-state index in [0.29, 0.717) is 0 Å². The molecule has 1 radical (unpaired) electrons. The van der Waals surface area contributed by atoms with Gasteiger partial charge in [0.25, 0.3) is 0 Å². The Hall–Kier alpha value is -3.58. The predicted molar refractivity (Wildman–Crippen MR) is 177 cm³/mol. The number of fused-ring (bicyclic) bond motifs is 5. The maximum Gasteiger partial charge on any atom is 0.0266 e. The Labute approximate surface area is 282 Å². The van der Waals surface area contributed by atoms with Crippen molar-refractivity contribution in [2.24, 2.45) is 0 Å². The minimum atomic E-state index is -0.519. The van der Waals surface area contributed by atoms with Gasteiger partial charge in [0.2, 0.25) is 0 Å². The van der Waals surface area contributed by atoms with Gasteiger partial charge in [0.05, 0.1) is 0 Å². The van der Waals surface area contributed by atoms with Gasteiger partial charge in [-0.25, -0.2) is 0 Å². The molecule has 0 bridgehead atoms. The van der Waals surface area contributed by atoms with E-state index in [1.807, 2.05) is 24.3 Å². The van der Waals surface area contributed by atoms with Crippen molar-refractivity contribution in [2.75, 3.05) is 0 Å². The summed E-state index contributed by atoms with van der Waals surface area (Å²) in [4.78, 5) is 0. The second kappa shape index (κ2) is 13.8. The van der Waals surface area contributed by atoms with Gasteiger partial charge in [-0.15, -0.1) is 11.1 Å². The minimum absolute atomic E-state index is 0. The minimum Gasteiger partial charge on any atom is -0.179 e. The van der Waals surface area contributed by atoms with Crippen LogP contribution in [0.25, 0.3) is 22.3 Å². The molecule has 1 aliphatic carbocycles. The summed E-state index contributed by atoms with van der Waals surface area (Å²) in [5.41, 5.74) is 13.6. The van der Waals surface area contributed by atoms with Crippen LogP contribution in [-0.4, -0.2) is 0 Å². The molecule has 1 aliphatic rings. The van der Waals surface area contributed by atoms with Crippen molar-refractivity contribution < 1.29 is 32.7 Å². The third-order valence-electron chi connectivity index (χ3n) is 8.41. The van der Waals surface area contributed by atoms with Gasteiger partial charge in [0, 0.05) is 38.1 Å². The topological polar surface area (TPSA) is 0 Å². The molecule has 1 heteroatoms. The Morgan fingerprint density at radius 2 is 0.884 bits per heavy atom. The Morgan fingerprint density at radius 1 is 0.488 bits per heavy atom. The zero-order valence-corrected chi connectivity index (χ0v) is 28.1. The van der Waals surface area contributed by atoms with Crippen molar-refractivity contribution in [3.8, 4) is 22.3 Å². The second-order valence-electron chi connectivity index (χ2n) is 11.0. The largest absolute Gasteiger partial charge is 0.179 e. The molecule has 209 valence electrons. The zero-order chi connectivity index (χ0) is 28.9. The predicted octanol–water partition coefficient (Wildman–Crippen LogP) is 10.4. The van der Waals surface area contributed by atoms with Crippen molar-refractivity contribution in [1.29, 1.82) is 0 Å². The fourth-order valence-electron chi connectivity index (χ4n) is 6.52. The molecule has 0 atom stereocenters. The maximum atomic E-state index is 3.59. The second-order valence-corrected chi connectivity index (χ2v) is 11.0. The van der Waals surface area contributed by atoms with E-state index in [0.717, 1.165) is 24.0 Å². The summed E-state index contributed by atoms with van der Waals surface area (Å²) in [6.07, 6.45) is 2.30. The van der Waals surface area contributed by atoms with Gasteiger partial charge in [0.15, 0.2) is 0 Å². The molecular formula is C42H36Y-2. The maximum absolute atomic E-state index is 3.59. The van der Waals surface area contributed by atoms with E-state index in [1.165, 1.54) is 50.1 Å². The SMILES string of the molecule is CCc1cc(C)cc(CC)c1.[Y].[c-]1ccccc1C1(c2[c-]cccc2)c2ccccc2-c2ccccc2-c2ccccc21. The van der Waals surface area contributed by atoms with Crippen LogP contribution in [0.15, 0.2) is 140 Å². The van der Waals surface area contributed by atoms with Crippen LogP contribution in [0, 0.1) is 19.1 Å². The third kappa shape index (κ3) is 5.84. The van der Waals surface area contributed by atoms with Crippen LogP contribution in [0.1, 0.15) is 52.8 Å². The summed E-state index contributed by atoms with van der Waals surface area (Å²) < 4.78 is 0. The van der Waals surface area contributed by atoms with E-state index in [2.05, 4.69) is 148 Å². The molecule has 0 N–H and O–H groups in total. The average Bonchev–Trinajstić information content (AvgIpc) is 3.17. The summed E-state index contributed by atoms with van der Waals surface area (Å²) in [5.74, 6) is 0. The van der Waals surface area contributed by atoms with Crippen LogP contribution < -0.4 is 0 Å². The molecule has 0 fully saturated rings. The number of hydrogen-bond donors (Lipinski definition) is 0. The Morgan fingerprint density at radius 3 is 1.28 bits per heavy atom. The monoisotopic (exact) mass is 629 g/mol. The first-order valence-electron chi connectivity index (χ1n) is 15.0. The van der Waals surface area contributed by atoms with E-state index in [-0.39, 0.29) is 32.7 Å². The van der Waals surface area contributed by atoms with E-state index >= 15 is 0 Å². The molecule has 43 heavy (non-hydrogen) atoms. The van der Waals surface area contributed by atoms with E-state index in [4.69, 9.17) is 0 Å². The van der Waals surface area contributed by atoms with Gasteiger partial charge in [-0.05, 0) is 64.3 Å². The van der Waals surface area contributed by atoms with Crippen LogP contribution in [0.3, 0.4) is 0 Å². The van der Waals surface area contributed by atoms with Gasteiger partial charge >= 0.3 is 0 Å². The van der Waals surface area contributed by atoms with Crippen molar-refractivity contribution in [3.63, 3.8) is 0 Å². The Kier molecular flexibility index (Phi) is 9.91. The molecule has 0 aromatic heterocycles. The van der Waals surface area contributed by atoms with Gasteiger partial charge in [-0.2, -0.15) is 60.7 Å². The molecule has 0 saturated carbocycles. The normalized spacial score (nSPS) is 12.3. The average molecular weight is 630 g/mol. The van der Waals surface area contributed by atoms with Crippen LogP contribution in [0.5, 0.6) is 0 Å². The quantitative estimate of drug-likeness (QED) is 0.170. The van der Waals surface area contributed by atoms with E-state index in [9.17, 15) is 0 Å². The summed E-state index contributed by atoms with van der Waals surface area (Å²) in [7, 11) is 0. The summed E-state index contributed by atoms with van der Waals surface area (Å²) in [5, 5.41) is 0. The standard InChI is InChI=1S/C31H20.C11H16.Y/c1-3-13-23(14-4-1)31(24-15-5-2-6-16-24)29-21-11-9-19-27(29)25-17-7-8-18-26(25)28-20-10-12-22-30(28)31;1-4-10-6-9(3)7-11(5-2)8-10;/h1-13,15,17-22H;6-8H,4-5H2,1-3H3;/q-2;;. The van der Waals surface area contributed by atoms with Gasteiger partial charge in [-0.3, -0.25) is 0 Å². The number of benzene rings is 6. The molecule has 0 nitrogen and oxygen atoms in total. The molecule has 0 heterocycles. The smallest absolute Gasteiger partial charge is 0.0266 e. The molecular weight excluding hydrogens is 593 g/mol. The van der Waals surface area contributed by atoms with Crippen molar-refractivity contribution in [1.82, 2.24) is 0 Å². The van der Waals surface area contributed by atoms with Crippen molar-refractivity contribution in [3.05, 3.63) is 191 Å². The van der Waals surface area contributed by atoms with E-state index < -0.39 is 5.41 Å². The van der Waals surface area contributed by atoms with Gasteiger partial charge < -0.3 is 0 Å². The molecule has 0 amide bonds. The Balaban J connectivity index is 0.000000262. The zero-order valence-electron chi connectivity index (χ0n) is 25.3. The molecule has 6 aromatic rings. The summed E-state index contributed by atoms with van der Waals surface area (Å²) in [6.45, 7) is 6.57. The Bertz CT molecular complexity index is 1670. The van der Waals surface area contributed by atoms with Crippen LogP contribution in [0.2, 0.25) is 0 Å².